The van der Waals surface area contributed by atoms with Gasteiger partial charge in [0.15, 0.2) is 5.13 Å². The molecule has 7 heteroatoms. The molecule has 0 atom stereocenters. The number of methoxy groups -OCH3 is 1. The molecule has 1 aliphatic rings. The third kappa shape index (κ3) is 3.93. The number of benzene rings is 3. The van der Waals surface area contributed by atoms with Crippen LogP contribution in [0.5, 0.6) is 5.75 Å². The number of piperazine rings is 1. The summed E-state index contributed by atoms with van der Waals surface area (Å²) in [7, 11) is 1.64. The molecule has 1 saturated heterocycles. The fourth-order valence-electron chi connectivity index (χ4n) is 4.02. The number of anilines is 1. The first-order valence-electron chi connectivity index (χ1n) is 10.3. The van der Waals surface area contributed by atoms with Crippen molar-refractivity contribution in [3.05, 3.63) is 65.2 Å². The molecule has 0 saturated carbocycles. The van der Waals surface area contributed by atoms with Crippen LogP contribution in [0.3, 0.4) is 0 Å². The molecular weight excluding hydrogens is 430 g/mol. The van der Waals surface area contributed by atoms with Crippen LogP contribution in [0.25, 0.3) is 21.0 Å². The molecule has 1 fully saturated rings. The lowest BCUT2D eigenvalue weighted by Crippen LogP contribution is -2.49. The van der Waals surface area contributed by atoms with Crippen LogP contribution in [-0.2, 0) is 11.2 Å². The van der Waals surface area contributed by atoms with Gasteiger partial charge in [-0.3, -0.25) is 4.79 Å². The Morgan fingerprint density at radius 3 is 2.61 bits per heavy atom. The molecule has 0 aliphatic carbocycles. The Kier molecular flexibility index (Phi) is 5.42. The van der Waals surface area contributed by atoms with E-state index in [0.29, 0.717) is 24.5 Å². The second-order valence-electron chi connectivity index (χ2n) is 7.65. The lowest BCUT2D eigenvalue weighted by Gasteiger charge is -2.34. The third-order valence-electron chi connectivity index (χ3n) is 5.74. The van der Waals surface area contributed by atoms with E-state index < -0.39 is 0 Å². The molecular formula is C24H22ClN3O2S. The van der Waals surface area contributed by atoms with Crippen LogP contribution in [-0.4, -0.2) is 49.1 Å². The van der Waals surface area contributed by atoms with Crippen LogP contribution in [0.1, 0.15) is 5.56 Å². The SMILES string of the molecule is COc1ccc(Cl)c2sc(N3CCN(C(=O)Cc4ccc5ccccc5c4)CC3)nc12. The van der Waals surface area contributed by atoms with E-state index in [4.69, 9.17) is 21.3 Å². The number of amides is 1. The highest BCUT2D eigenvalue weighted by Crippen LogP contribution is 2.38. The lowest BCUT2D eigenvalue weighted by molar-refractivity contribution is -0.130. The number of fused-ring (bicyclic) bond motifs is 2. The van der Waals surface area contributed by atoms with E-state index in [1.165, 1.54) is 10.8 Å². The molecule has 2 heterocycles. The van der Waals surface area contributed by atoms with E-state index in [2.05, 4.69) is 35.2 Å². The predicted octanol–water partition coefficient (Wildman–Crippen LogP) is 5.00. The zero-order chi connectivity index (χ0) is 21.4. The maximum Gasteiger partial charge on any atom is 0.227 e. The first-order valence-corrected chi connectivity index (χ1v) is 11.5. The number of nitrogens with zero attached hydrogens (tertiary/aromatic N) is 3. The van der Waals surface area contributed by atoms with Gasteiger partial charge in [0.25, 0.3) is 0 Å². The quantitative estimate of drug-likeness (QED) is 0.438. The molecule has 5 rings (SSSR count). The monoisotopic (exact) mass is 451 g/mol. The molecule has 158 valence electrons. The first kappa shape index (κ1) is 20.1. The second-order valence-corrected chi connectivity index (χ2v) is 9.03. The average Bonchev–Trinajstić information content (AvgIpc) is 3.26. The number of carbonyl (C=O) groups is 1. The van der Waals surface area contributed by atoms with Crippen LogP contribution in [0.15, 0.2) is 54.6 Å². The molecule has 0 radical (unpaired) electrons. The number of hydrogen-bond donors (Lipinski definition) is 0. The number of aromatic nitrogens is 1. The largest absolute Gasteiger partial charge is 0.494 e. The zero-order valence-electron chi connectivity index (χ0n) is 17.2. The summed E-state index contributed by atoms with van der Waals surface area (Å²) in [5.41, 5.74) is 1.85. The Morgan fingerprint density at radius 1 is 1.06 bits per heavy atom. The normalized spacial score (nSPS) is 14.4. The lowest BCUT2D eigenvalue weighted by atomic mass is 10.0. The van der Waals surface area contributed by atoms with E-state index in [1.807, 2.05) is 29.2 Å². The average molecular weight is 452 g/mol. The van der Waals surface area contributed by atoms with Gasteiger partial charge in [-0.2, -0.15) is 0 Å². The molecule has 1 aliphatic heterocycles. The zero-order valence-corrected chi connectivity index (χ0v) is 18.7. The molecule has 0 spiro atoms. The Hall–Kier alpha value is -2.83. The summed E-state index contributed by atoms with van der Waals surface area (Å²) in [6.45, 7) is 2.88. The smallest absolute Gasteiger partial charge is 0.227 e. The topological polar surface area (TPSA) is 45.7 Å². The molecule has 5 nitrogen and oxygen atoms in total. The van der Waals surface area contributed by atoms with Gasteiger partial charge >= 0.3 is 0 Å². The number of thiazole rings is 1. The minimum atomic E-state index is 0.170. The second kappa shape index (κ2) is 8.36. The summed E-state index contributed by atoms with van der Waals surface area (Å²) in [5, 5.41) is 3.97. The standard InChI is InChI=1S/C24H22ClN3O2S/c1-30-20-9-8-19(25)23-22(20)26-24(31-23)28-12-10-27(11-13-28)21(29)15-16-6-7-17-4-2-3-5-18(17)14-16/h2-9,14H,10-13,15H2,1H3. The summed E-state index contributed by atoms with van der Waals surface area (Å²) in [6.07, 6.45) is 0.429. The Bertz CT molecular complexity index is 1260. The van der Waals surface area contributed by atoms with Crippen molar-refractivity contribution in [1.82, 2.24) is 9.88 Å². The maximum absolute atomic E-state index is 12.9. The van der Waals surface area contributed by atoms with Crippen molar-refractivity contribution in [2.75, 3.05) is 38.2 Å². The van der Waals surface area contributed by atoms with Crippen LogP contribution in [0, 0.1) is 0 Å². The minimum Gasteiger partial charge on any atom is -0.494 e. The van der Waals surface area contributed by atoms with E-state index >= 15 is 0 Å². The van der Waals surface area contributed by atoms with Crippen molar-refractivity contribution in [2.45, 2.75) is 6.42 Å². The van der Waals surface area contributed by atoms with Crippen LogP contribution in [0.4, 0.5) is 5.13 Å². The molecule has 31 heavy (non-hydrogen) atoms. The summed E-state index contributed by atoms with van der Waals surface area (Å²) >= 11 is 7.93. The van der Waals surface area contributed by atoms with Crippen molar-refractivity contribution in [1.29, 1.82) is 0 Å². The summed E-state index contributed by atoms with van der Waals surface area (Å²) in [5.74, 6) is 0.898. The van der Waals surface area contributed by atoms with E-state index in [1.54, 1.807) is 18.4 Å². The minimum absolute atomic E-state index is 0.170. The predicted molar refractivity (Wildman–Crippen MR) is 128 cm³/mol. The fraction of sp³-hybridized carbons (Fsp3) is 0.250. The highest BCUT2D eigenvalue weighted by atomic mass is 35.5. The van der Waals surface area contributed by atoms with Gasteiger partial charge in [0.2, 0.25) is 5.91 Å². The summed E-state index contributed by atoms with van der Waals surface area (Å²) in [6, 6.07) is 18.2. The van der Waals surface area contributed by atoms with Gasteiger partial charge in [0.05, 0.1) is 23.3 Å². The Morgan fingerprint density at radius 2 is 1.84 bits per heavy atom. The molecule has 0 unspecified atom stereocenters. The number of ether oxygens (including phenoxy) is 1. The van der Waals surface area contributed by atoms with Crippen molar-refractivity contribution < 1.29 is 9.53 Å². The highest BCUT2D eigenvalue weighted by Gasteiger charge is 2.24. The van der Waals surface area contributed by atoms with Gasteiger partial charge in [0, 0.05) is 26.2 Å². The molecule has 0 N–H and O–H groups in total. The number of carbonyl (C=O) groups excluding carboxylic acids is 1. The number of halogens is 1. The van der Waals surface area contributed by atoms with Gasteiger partial charge in [-0.15, -0.1) is 0 Å². The fourth-order valence-corrected chi connectivity index (χ4v) is 5.33. The van der Waals surface area contributed by atoms with Crippen LogP contribution < -0.4 is 9.64 Å². The first-order chi connectivity index (χ1) is 15.1. The van der Waals surface area contributed by atoms with Crippen molar-refractivity contribution >= 4 is 55.0 Å². The Balaban J connectivity index is 1.26. The van der Waals surface area contributed by atoms with Crippen molar-refractivity contribution in [3.63, 3.8) is 0 Å². The van der Waals surface area contributed by atoms with E-state index in [0.717, 1.165) is 39.8 Å². The van der Waals surface area contributed by atoms with Crippen LogP contribution >= 0.6 is 22.9 Å². The van der Waals surface area contributed by atoms with Gasteiger partial charge < -0.3 is 14.5 Å². The highest BCUT2D eigenvalue weighted by molar-refractivity contribution is 7.22. The van der Waals surface area contributed by atoms with Gasteiger partial charge in [-0.25, -0.2) is 4.98 Å². The Labute approximate surface area is 189 Å². The summed E-state index contributed by atoms with van der Waals surface area (Å²) in [4.78, 5) is 21.8. The molecule has 4 aromatic rings. The molecule has 0 bridgehead atoms. The van der Waals surface area contributed by atoms with E-state index in [-0.39, 0.29) is 5.91 Å². The maximum atomic E-state index is 12.9. The van der Waals surface area contributed by atoms with Gasteiger partial charge in [0.1, 0.15) is 11.3 Å². The molecule has 1 amide bonds. The molecule has 3 aromatic carbocycles. The van der Waals surface area contributed by atoms with E-state index in [9.17, 15) is 4.79 Å². The molecule has 1 aromatic heterocycles. The number of hydrogen-bond acceptors (Lipinski definition) is 5. The van der Waals surface area contributed by atoms with Crippen molar-refractivity contribution in [3.8, 4) is 5.75 Å². The van der Waals surface area contributed by atoms with Crippen LogP contribution in [0.2, 0.25) is 5.02 Å². The van der Waals surface area contributed by atoms with Gasteiger partial charge in [-0.1, -0.05) is 65.4 Å². The van der Waals surface area contributed by atoms with Gasteiger partial charge in [-0.05, 0) is 28.5 Å². The third-order valence-corrected chi connectivity index (χ3v) is 7.32. The number of rotatable bonds is 4. The summed E-state index contributed by atoms with van der Waals surface area (Å²) < 4.78 is 6.37. The van der Waals surface area contributed by atoms with Crippen molar-refractivity contribution in [2.24, 2.45) is 0 Å².